The van der Waals surface area contributed by atoms with E-state index in [1.165, 1.54) is 30.3 Å². The summed E-state index contributed by atoms with van der Waals surface area (Å²) >= 11 is 6.41. The Balaban J connectivity index is 1.63. The molecule has 1 fully saturated rings. The molecule has 1 atom stereocenters. The van der Waals surface area contributed by atoms with Gasteiger partial charge in [0.15, 0.2) is 0 Å². The highest BCUT2D eigenvalue weighted by atomic mass is 35.5. The number of hydrogen-bond donors (Lipinski definition) is 1. The molecule has 0 bridgehead atoms. The van der Waals surface area contributed by atoms with Gasteiger partial charge in [-0.25, -0.2) is 9.18 Å². The Kier molecular flexibility index (Phi) is 8.36. The fraction of sp³-hybridized carbons (Fsp3) is 0.419. The zero-order valence-corrected chi connectivity index (χ0v) is 25.1. The van der Waals surface area contributed by atoms with Gasteiger partial charge in [0, 0.05) is 43.6 Å². The zero-order chi connectivity index (χ0) is 32.1. The number of aromatic carboxylic acids is 1. The van der Waals surface area contributed by atoms with Crippen molar-refractivity contribution < 1.29 is 37.1 Å². The molecule has 3 aromatic rings. The normalized spacial score (nSPS) is 17.3. The Bertz CT molecular complexity index is 1650. The Labute approximate surface area is 256 Å². The summed E-state index contributed by atoms with van der Waals surface area (Å²) in [6.07, 6.45) is -4.37. The van der Waals surface area contributed by atoms with Crippen molar-refractivity contribution in [2.75, 3.05) is 34.2 Å². The fourth-order valence-electron chi connectivity index (χ4n) is 5.90. The maximum Gasteiger partial charge on any atom is 0.398 e. The van der Waals surface area contributed by atoms with Crippen LogP contribution in [0.1, 0.15) is 56.8 Å². The topological polar surface area (TPSA) is 95.7 Å². The average molecular weight is 635 g/mol. The molecule has 0 radical (unpaired) electrons. The highest BCUT2D eigenvalue weighted by Crippen LogP contribution is 2.60. The van der Waals surface area contributed by atoms with Gasteiger partial charge in [0.05, 0.1) is 33.0 Å². The predicted octanol–water partition coefficient (Wildman–Crippen LogP) is 5.45. The Morgan fingerprint density at radius 3 is 2.41 bits per heavy atom. The summed E-state index contributed by atoms with van der Waals surface area (Å²) in [5, 5.41) is 13.5. The van der Waals surface area contributed by atoms with E-state index < -0.39 is 35.2 Å². The summed E-state index contributed by atoms with van der Waals surface area (Å²) < 4.78 is 58.9. The number of carbonyl (C=O) groups is 3. The minimum absolute atomic E-state index is 0.0399. The number of amides is 1. The van der Waals surface area contributed by atoms with Crippen molar-refractivity contribution in [3.05, 3.63) is 75.2 Å². The third-order valence-corrected chi connectivity index (χ3v) is 8.89. The van der Waals surface area contributed by atoms with Crippen molar-refractivity contribution in [3.8, 4) is 11.3 Å². The highest BCUT2D eigenvalue weighted by Gasteiger charge is 2.65. The van der Waals surface area contributed by atoms with E-state index in [1.807, 2.05) is 19.0 Å². The molecule has 1 aromatic heterocycles. The first-order chi connectivity index (χ1) is 20.7. The molecule has 1 unspecified atom stereocenters. The van der Waals surface area contributed by atoms with Crippen LogP contribution in [0.25, 0.3) is 11.3 Å². The van der Waals surface area contributed by atoms with Crippen LogP contribution in [0.3, 0.4) is 0 Å². The van der Waals surface area contributed by atoms with Gasteiger partial charge in [-0.1, -0.05) is 23.7 Å². The van der Waals surface area contributed by atoms with Crippen LogP contribution in [0.4, 0.5) is 17.6 Å². The number of rotatable bonds is 8. The number of hydrogen-bond acceptors (Lipinski definition) is 5. The van der Waals surface area contributed by atoms with Gasteiger partial charge in [0.25, 0.3) is 5.91 Å². The van der Waals surface area contributed by atoms with E-state index in [0.29, 0.717) is 25.1 Å². The second kappa shape index (κ2) is 11.6. The third kappa shape index (κ3) is 5.61. The van der Waals surface area contributed by atoms with E-state index in [-0.39, 0.29) is 70.3 Å². The molecular weight excluding hydrogens is 604 g/mol. The second-order valence-electron chi connectivity index (χ2n) is 11.7. The number of carbonyl (C=O) groups excluding carboxylic acids is 2. The van der Waals surface area contributed by atoms with Gasteiger partial charge >= 0.3 is 12.1 Å². The lowest BCUT2D eigenvalue weighted by Gasteiger charge is -2.28. The van der Waals surface area contributed by atoms with Gasteiger partial charge in [-0.3, -0.25) is 9.59 Å². The molecule has 234 valence electrons. The van der Waals surface area contributed by atoms with Crippen LogP contribution in [0.5, 0.6) is 0 Å². The average Bonchev–Trinajstić information content (AvgIpc) is 3.71. The number of fused-ring (bicyclic) bond motifs is 1. The molecule has 1 heterocycles. The van der Waals surface area contributed by atoms with Gasteiger partial charge in [0.2, 0.25) is 5.91 Å². The molecule has 0 saturated heterocycles. The summed E-state index contributed by atoms with van der Waals surface area (Å²) in [5.74, 6) is -3.86. The Morgan fingerprint density at radius 2 is 1.82 bits per heavy atom. The van der Waals surface area contributed by atoms with Crippen LogP contribution >= 0.6 is 11.6 Å². The first-order valence-electron chi connectivity index (χ1n) is 14.1. The molecule has 2 aliphatic rings. The number of alkyl halides is 3. The van der Waals surface area contributed by atoms with E-state index in [9.17, 15) is 32.7 Å². The molecule has 44 heavy (non-hydrogen) atoms. The van der Waals surface area contributed by atoms with Gasteiger partial charge in [0.1, 0.15) is 5.82 Å². The maximum atomic E-state index is 15.3. The van der Waals surface area contributed by atoms with Crippen molar-refractivity contribution in [1.82, 2.24) is 19.6 Å². The second-order valence-corrected chi connectivity index (χ2v) is 12.1. The lowest BCUT2D eigenvalue weighted by atomic mass is 9.84. The van der Waals surface area contributed by atoms with Crippen molar-refractivity contribution in [3.63, 3.8) is 0 Å². The molecule has 2 aromatic carbocycles. The third-order valence-electron chi connectivity index (χ3n) is 8.58. The van der Waals surface area contributed by atoms with E-state index in [1.54, 1.807) is 11.9 Å². The summed E-state index contributed by atoms with van der Waals surface area (Å²) in [7, 11) is 5.44. The standard InChI is InChI=1S/C31H31ClF4N4O4/c1-38(2)13-14-39(3)27(41)17-7-10-20-24(16-17)40(37-26(20)19-9-8-18(29(43)44)15-23(19)33)28(42)25-21(5-4-6-22(25)32)30(11-12-30)31(34,35)36/h4-6,8-9,15,17H,7,10-14,16H2,1-3H3,(H,43,44). The maximum absolute atomic E-state index is 15.3. The van der Waals surface area contributed by atoms with Crippen molar-refractivity contribution >= 4 is 29.4 Å². The van der Waals surface area contributed by atoms with Crippen molar-refractivity contribution in [2.45, 2.75) is 43.7 Å². The van der Waals surface area contributed by atoms with Gasteiger partial charge in [-0.15, -0.1) is 0 Å². The monoisotopic (exact) mass is 634 g/mol. The largest absolute Gasteiger partial charge is 0.478 e. The van der Waals surface area contributed by atoms with Crippen LogP contribution in [0.2, 0.25) is 5.02 Å². The summed E-state index contributed by atoms with van der Waals surface area (Å²) in [6, 6.07) is 7.22. The van der Waals surface area contributed by atoms with Gasteiger partial charge in [-0.05, 0) is 69.6 Å². The van der Waals surface area contributed by atoms with Crippen LogP contribution in [-0.4, -0.2) is 82.9 Å². The summed E-state index contributed by atoms with van der Waals surface area (Å²) in [5.41, 5.74) is -2.38. The SMILES string of the molecule is CN(C)CCN(C)C(=O)C1CCc2c(-c3ccc(C(=O)O)cc3F)nn(C(=O)c3c(Cl)cccc3C3(C(F)(F)F)CC3)c2C1. The molecule has 1 saturated carbocycles. The summed E-state index contributed by atoms with van der Waals surface area (Å²) in [4.78, 5) is 42.5. The van der Waals surface area contributed by atoms with Crippen molar-refractivity contribution in [1.29, 1.82) is 0 Å². The molecule has 1 N–H and O–H groups in total. The minimum Gasteiger partial charge on any atom is -0.478 e. The first-order valence-corrected chi connectivity index (χ1v) is 14.5. The van der Waals surface area contributed by atoms with E-state index in [2.05, 4.69) is 5.10 Å². The number of aromatic nitrogens is 2. The van der Waals surface area contributed by atoms with Crippen LogP contribution in [-0.2, 0) is 23.1 Å². The number of halogens is 5. The molecule has 0 aliphatic heterocycles. The molecule has 5 rings (SSSR count). The van der Waals surface area contributed by atoms with E-state index in [0.717, 1.165) is 10.7 Å². The number of likely N-dealkylation sites (N-methyl/N-ethyl adjacent to an activating group) is 2. The Morgan fingerprint density at radius 1 is 1.11 bits per heavy atom. The lowest BCUT2D eigenvalue weighted by molar-refractivity contribution is -0.160. The lowest BCUT2D eigenvalue weighted by Crippen LogP contribution is -2.39. The minimum atomic E-state index is -4.62. The first kappa shape index (κ1) is 31.6. The fourth-order valence-corrected chi connectivity index (χ4v) is 6.15. The van der Waals surface area contributed by atoms with E-state index >= 15 is 4.39 Å². The quantitative estimate of drug-likeness (QED) is 0.331. The van der Waals surface area contributed by atoms with E-state index in [4.69, 9.17) is 11.6 Å². The predicted molar refractivity (Wildman–Crippen MR) is 154 cm³/mol. The Hall–Kier alpha value is -3.77. The van der Waals surface area contributed by atoms with Crippen LogP contribution < -0.4 is 0 Å². The smallest absolute Gasteiger partial charge is 0.398 e. The molecule has 1 amide bonds. The zero-order valence-electron chi connectivity index (χ0n) is 24.3. The molecular formula is C31H31ClF4N4O4. The molecule has 2 aliphatic carbocycles. The number of benzene rings is 2. The number of carboxylic acid groups (broad SMARTS) is 1. The molecule has 13 heteroatoms. The van der Waals surface area contributed by atoms with Crippen LogP contribution in [0, 0.1) is 11.7 Å². The van der Waals surface area contributed by atoms with Crippen LogP contribution in [0.15, 0.2) is 36.4 Å². The van der Waals surface area contributed by atoms with Gasteiger partial charge in [-0.2, -0.15) is 23.0 Å². The van der Waals surface area contributed by atoms with Gasteiger partial charge < -0.3 is 14.9 Å². The molecule has 0 spiro atoms. The number of nitrogens with zero attached hydrogens (tertiary/aromatic N) is 4. The summed E-state index contributed by atoms with van der Waals surface area (Å²) in [6.45, 7) is 1.09. The molecule has 8 nitrogen and oxygen atoms in total. The van der Waals surface area contributed by atoms with Crippen molar-refractivity contribution in [2.24, 2.45) is 5.92 Å². The highest BCUT2D eigenvalue weighted by molar-refractivity contribution is 6.34. The number of carboxylic acids is 1.